The van der Waals surface area contributed by atoms with Crippen molar-refractivity contribution in [3.63, 3.8) is 0 Å². The second-order valence-corrected chi connectivity index (χ2v) is 13.9. The number of nitrogens with zero attached hydrogens (tertiary/aromatic N) is 3. The van der Waals surface area contributed by atoms with Crippen LogP contribution in [0.2, 0.25) is 0 Å². The van der Waals surface area contributed by atoms with Crippen molar-refractivity contribution in [1.82, 2.24) is 15.0 Å². The molecule has 2 heterocycles. The molecular formula is C47H29N3S. The van der Waals surface area contributed by atoms with Gasteiger partial charge in [-0.05, 0) is 62.7 Å². The van der Waals surface area contributed by atoms with Crippen LogP contribution in [0.5, 0.6) is 0 Å². The zero-order valence-electron chi connectivity index (χ0n) is 27.5. The minimum Gasteiger partial charge on any atom is -0.208 e. The van der Waals surface area contributed by atoms with Crippen LogP contribution < -0.4 is 0 Å². The highest BCUT2D eigenvalue weighted by atomic mass is 32.1. The molecule has 0 amide bonds. The molecule has 0 saturated heterocycles. The first-order chi connectivity index (χ1) is 25.3. The molecule has 10 aromatic rings. The van der Waals surface area contributed by atoms with E-state index in [-0.39, 0.29) is 0 Å². The first-order valence-electron chi connectivity index (χ1n) is 17.1. The fourth-order valence-corrected chi connectivity index (χ4v) is 8.35. The predicted molar refractivity (Wildman–Crippen MR) is 215 cm³/mol. The molecule has 0 fully saturated rings. The largest absolute Gasteiger partial charge is 0.208 e. The van der Waals surface area contributed by atoms with Gasteiger partial charge in [0.05, 0.1) is 0 Å². The molecule has 3 nitrogen and oxygen atoms in total. The van der Waals surface area contributed by atoms with E-state index < -0.39 is 0 Å². The third kappa shape index (κ3) is 5.16. The Kier molecular flexibility index (Phi) is 7.00. The van der Waals surface area contributed by atoms with E-state index >= 15 is 0 Å². The van der Waals surface area contributed by atoms with Gasteiger partial charge in [0.25, 0.3) is 0 Å². The lowest BCUT2D eigenvalue weighted by atomic mass is 9.96. The molecule has 0 spiro atoms. The number of rotatable bonds is 5. The predicted octanol–water partition coefficient (Wildman–Crippen LogP) is 12.9. The van der Waals surface area contributed by atoms with Gasteiger partial charge in [0.1, 0.15) is 0 Å². The van der Waals surface area contributed by atoms with E-state index in [1.807, 2.05) is 17.4 Å². The Hall–Kier alpha value is -6.49. The van der Waals surface area contributed by atoms with E-state index in [1.54, 1.807) is 0 Å². The summed E-state index contributed by atoms with van der Waals surface area (Å²) in [7, 11) is 0. The lowest BCUT2D eigenvalue weighted by Crippen LogP contribution is -2.01. The van der Waals surface area contributed by atoms with Crippen LogP contribution in [0.25, 0.3) is 98.1 Å². The van der Waals surface area contributed by atoms with Crippen LogP contribution in [0.15, 0.2) is 176 Å². The van der Waals surface area contributed by atoms with Crippen molar-refractivity contribution in [2.45, 2.75) is 0 Å². The molecule has 2 aromatic heterocycles. The first kappa shape index (κ1) is 29.4. The maximum atomic E-state index is 5.29. The van der Waals surface area contributed by atoms with Crippen molar-refractivity contribution in [2.75, 3.05) is 0 Å². The van der Waals surface area contributed by atoms with Gasteiger partial charge in [-0.15, -0.1) is 11.3 Å². The maximum absolute atomic E-state index is 5.29. The summed E-state index contributed by atoms with van der Waals surface area (Å²) in [6.07, 6.45) is 0. The number of benzene rings is 8. The molecule has 238 valence electrons. The minimum atomic E-state index is 0.644. The van der Waals surface area contributed by atoms with Crippen LogP contribution in [0.3, 0.4) is 0 Å². The van der Waals surface area contributed by atoms with E-state index in [0.717, 1.165) is 38.6 Å². The van der Waals surface area contributed by atoms with E-state index in [4.69, 9.17) is 15.0 Å². The van der Waals surface area contributed by atoms with Gasteiger partial charge in [-0.2, -0.15) is 0 Å². The van der Waals surface area contributed by atoms with Crippen molar-refractivity contribution in [2.24, 2.45) is 0 Å². The third-order valence-corrected chi connectivity index (χ3v) is 10.9. The Morgan fingerprint density at radius 1 is 0.314 bits per heavy atom. The zero-order valence-corrected chi connectivity index (χ0v) is 28.3. The van der Waals surface area contributed by atoms with Gasteiger partial charge < -0.3 is 0 Å². The van der Waals surface area contributed by atoms with Crippen molar-refractivity contribution in [3.05, 3.63) is 176 Å². The Labute approximate surface area is 299 Å². The van der Waals surface area contributed by atoms with Gasteiger partial charge >= 0.3 is 0 Å². The molecule has 0 N–H and O–H groups in total. The summed E-state index contributed by atoms with van der Waals surface area (Å²) in [5, 5.41) is 7.12. The topological polar surface area (TPSA) is 38.7 Å². The summed E-state index contributed by atoms with van der Waals surface area (Å²) in [6, 6.07) is 62.2. The fourth-order valence-electron chi connectivity index (χ4n) is 7.26. The van der Waals surface area contributed by atoms with Crippen LogP contribution in [-0.2, 0) is 0 Å². The number of hydrogen-bond acceptors (Lipinski definition) is 4. The van der Waals surface area contributed by atoms with E-state index in [9.17, 15) is 0 Å². The number of aromatic nitrogens is 3. The number of fused-ring (bicyclic) bond motifs is 6. The van der Waals surface area contributed by atoms with Crippen molar-refractivity contribution in [1.29, 1.82) is 0 Å². The molecule has 8 aromatic carbocycles. The quantitative estimate of drug-likeness (QED) is 0.171. The molecule has 0 unspecified atom stereocenters. The molecule has 4 heteroatoms. The van der Waals surface area contributed by atoms with Gasteiger partial charge in [0, 0.05) is 42.2 Å². The van der Waals surface area contributed by atoms with Gasteiger partial charge in [0.2, 0.25) is 0 Å². The van der Waals surface area contributed by atoms with Crippen molar-refractivity contribution >= 4 is 53.1 Å². The normalized spacial score (nSPS) is 11.5. The Morgan fingerprint density at radius 2 is 0.882 bits per heavy atom. The van der Waals surface area contributed by atoms with Crippen LogP contribution in [0.4, 0.5) is 0 Å². The molecule has 0 atom stereocenters. The number of hydrogen-bond donors (Lipinski definition) is 0. The summed E-state index contributed by atoms with van der Waals surface area (Å²) in [5.74, 6) is 1.95. The van der Waals surface area contributed by atoms with Crippen LogP contribution >= 0.6 is 11.3 Å². The van der Waals surface area contributed by atoms with E-state index in [0.29, 0.717) is 17.5 Å². The van der Waals surface area contributed by atoms with Crippen molar-refractivity contribution < 1.29 is 0 Å². The van der Waals surface area contributed by atoms with Crippen LogP contribution in [-0.4, -0.2) is 15.0 Å². The molecule has 0 radical (unpaired) electrons. The SMILES string of the molecule is c1ccc(-c2ccc(-c3ccccc3-c3nc(-c4ccc5sc6ccccc6c5c4)nc(-c4cccc5ccc6ccccc6c45)n3)cc2)cc1. The Morgan fingerprint density at radius 3 is 1.75 bits per heavy atom. The summed E-state index contributed by atoms with van der Waals surface area (Å²) in [5.41, 5.74) is 7.47. The lowest BCUT2D eigenvalue weighted by Gasteiger charge is -2.14. The average molecular weight is 668 g/mol. The Bertz CT molecular complexity index is 2910. The standard InChI is InChI=1S/C47H29N3S/c1-2-11-30(12-3-1)31-21-23-33(24-22-31)36-15-6-7-18-39(36)46-48-45(35-27-28-43-41(29-35)38-17-8-9-20-42(38)51-43)49-47(50-46)40-19-10-14-34-26-25-32-13-4-5-16-37(32)44(34)40/h1-29H. The Balaban J connectivity index is 1.20. The molecule has 0 aliphatic rings. The second-order valence-electron chi connectivity index (χ2n) is 12.8. The highest BCUT2D eigenvalue weighted by Crippen LogP contribution is 2.39. The summed E-state index contributed by atoms with van der Waals surface area (Å²) < 4.78 is 2.52. The van der Waals surface area contributed by atoms with Gasteiger partial charge in [-0.1, -0.05) is 152 Å². The summed E-state index contributed by atoms with van der Waals surface area (Å²) in [4.78, 5) is 15.8. The van der Waals surface area contributed by atoms with Gasteiger partial charge in [-0.25, -0.2) is 15.0 Å². The average Bonchev–Trinajstić information content (AvgIpc) is 3.59. The third-order valence-electron chi connectivity index (χ3n) is 9.75. The molecule has 0 saturated carbocycles. The smallest absolute Gasteiger partial charge is 0.164 e. The van der Waals surface area contributed by atoms with Gasteiger partial charge in [0.15, 0.2) is 17.5 Å². The number of thiophene rings is 1. The molecule has 0 aliphatic carbocycles. The highest BCUT2D eigenvalue weighted by molar-refractivity contribution is 7.25. The molecule has 0 aliphatic heterocycles. The molecule has 51 heavy (non-hydrogen) atoms. The summed E-state index contributed by atoms with van der Waals surface area (Å²) >= 11 is 1.81. The van der Waals surface area contributed by atoms with E-state index in [1.165, 1.54) is 42.1 Å². The van der Waals surface area contributed by atoms with E-state index in [2.05, 4.69) is 170 Å². The highest BCUT2D eigenvalue weighted by Gasteiger charge is 2.18. The molecule has 10 rings (SSSR count). The van der Waals surface area contributed by atoms with Crippen LogP contribution in [0.1, 0.15) is 0 Å². The minimum absolute atomic E-state index is 0.644. The first-order valence-corrected chi connectivity index (χ1v) is 17.9. The van der Waals surface area contributed by atoms with Crippen molar-refractivity contribution in [3.8, 4) is 56.4 Å². The molecule has 0 bridgehead atoms. The monoisotopic (exact) mass is 667 g/mol. The van der Waals surface area contributed by atoms with Crippen LogP contribution in [0, 0.1) is 0 Å². The maximum Gasteiger partial charge on any atom is 0.164 e. The fraction of sp³-hybridized carbons (Fsp3) is 0. The lowest BCUT2D eigenvalue weighted by molar-refractivity contribution is 1.08. The second kappa shape index (κ2) is 12.1. The molecular weight excluding hydrogens is 639 g/mol. The summed E-state index contributed by atoms with van der Waals surface area (Å²) in [6.45, 7) is 0. The zero-order chi connectivity index (χ0) is 33.7. The van der Waals surface area contributed by atoms with Gasteiger partial charge in [-0.3, -0.25) is 0 Å².